The summed E-state index contributed by atoms with van der Waals surface area (Å²) in [6, 6.07) is 7.55. The van der Waals surface area contributed by atoms with Crippen molar-refractivity contribution in [3.63, 3.8) is 0 Å². The van der Waals surface area contributed by atoms with E-state index in [0.717, 1.165) is 12.2 Å². The maximum absolute atomic E-state index is 12.1. The van der Waals surface area contributed by atoms with Gasteiger partial charge in [-0.3, -0.25) is 9.59 Å². The molecule has 0 aliphatic heterocycles. The molecule has 2 atom stereocenters. The first-order valence-corrected chi connectivity index (χ1v) is 8.11. The van der Waals surface area contributed by atoms with Crippen molar-refractivity contribution < 1.29 is 14.7 Å². The molecule has 0 heterocycles. The van der Waals surface area contributed by atoms with Crippen LogP contribution in [0.15, 0.2) is 24.3 Å². The third-order valence-electron chi connectivity index (χ3n) is 3.64. The third kappa shape index (κ3) is 3.76. The lowest BCUT2D eigenvalue weighted by atomic mass is 10.1. The van der Waals surface area contributed by atoms with Gasteiger partial charge in [-0.15, -0.1) is 0 Å². The Kier molecular flexibility index (Phi) is 5.06. The van der Waals surface area contributed by atoms with E-state index in [-0.39, 0.29) is 17.9 Å². The lowest BCUT2D eigenvalue weighted by Crippen LogP contribution is -2.33. The van der Waals surface area contributed by atoms with Crippen molar-refractivity contribution in [3.05, 3.63) is 35.4 Å². The number of hydrogen-bond donors (Lipinski definition) is 2. The molecule has 0 saturated heterocycles. The molecule has 1 aromatic rings. The summed E-state index contributed by atoms with van der Waals surface area (Å²) in [5.74, 6) is -0.255. The van der Waals surface area contributed by atoms with E-state index in [9.17, 15) is 9.59 Å². The van der Waals surface area contributed by atoms with Gasteiger partial charge >= 0.3 is 5.97 Å². The number of nitrogens with one attached hydrogen (secondary N) is 1. The Morgan fingerprint density at radius 2 is 2.00 bits per heavy atom. The molecule has 2 N–H and O–H groups in total. The van der Waals surface area contributed by atoms with Crippen molar-refractivity contribution in [2.75, 3.05) is 6.26 Å². The van der Waals surface area contributed by atoms with Gasteiger partial charge in [-0.2, -0.15) is 11.8 Å². The molecule has 0 radical (unpaired) electrons. The van der Waals surface area contributed by atoms with Crippen molar-refractivity contribution in [2.45, 2.75) is 31.1 Å². The highest BCUT2D eigenvalue weighted by atomic mass is 32.2. The SMILES string of the molecule is CSCc1ccc(C(=O)N[C@H]2CC[C@@H](C(=O)O)C2)cc1. The van der Waals surface area contributed by atoms with Crippen LogP contribution in [0.5, 0.6) is 0 Å². The molecule has 1 aliphatic carbocycles. The van der Waals surface area contributed by atoms with Crippen molar-refractivity contribution in [3.8, 4) is 0 Å². The molecule has 1 aromatic carbocycles. The van der Waals surface area contributed by atoms with Gasteiger partial charge in [0.2, 0.25) is 0 Å². The van der Waals surface area contributed by atoms with E-state index < -0.39 is 5.97 Å². The van der Waals surface area contributed by atoms with E-state index in [0.29, 0.717) is 18.4 Å². The maximum Gasteiger partial charge on any atom is 0.306 e. The quantitative estimate of drug-likeness (QED) is 0.875. The zero-order valence-electron chi connectivity index (χ0n) is 11.5. The van der Waals surface area contributed by atoms with Gasteiger partial charge in [0.25, 0.3) is 5.91 Å². The van der Waals surface area contributed by atoms with Gasteiger partial charge in [-0.1, -0.05) is 12.1 Å². The first-order valence-electron chi connectivity index (χ1n) is 6.71. The number of carboxylic acid groups (broad SMARTS) is 1. The summed E-state index contributed by atoms with van der Waals surface area (Å²) >= 11 is 1.74. The van der Waals surface area contributed by atoms with Crippen LogP contribution in [-0.4, -0.2) is 29.3 Å². The van der Waals surface area contributed by atoms with Crippen LogP contribution in [0.25, 0.3) is 0 Å². The number of amides is 1. The molecule has 0 unspecified atom stereocenters. The van der Waals surface area contributed by atoms with Crippen LogP contribution in [0.2, 0.25) is 0 Å². The Bertz CT molecular complexity index is 486. The van der Waals surface area contributed by atoms with Crippen molar-refractivity contribution in [2.24, 2.45) is 5.92 Å². The fourth-order valence-corrected chi connectivity index (χ4v) is 3.05. The maximum atomic E-state index is 12.1. The summed E-state index contributed by atoms with van der Waals surface area (Å²) in [6.07, 6.45) is 3.96. The largest absolute Gasteiger partial charge is 0.481 e. The van der Waals surface area contributed by atoms with Crippen LogP contribution in [0.4, 0.5) is 0 Å². The number of carbonyl (C=O) groups is 2. The number of hydrogen-bond acceptors (Lipinski definition) is 3. The highest BCUT2D eigenvalue weighted by molar-refractivity contribution is 7.97. The summed E-state index contributed by atoms with van der Waals surface area (Å²) in [4.78, 5) is 23.0. The summed E-state index contributed by atoms with van der Waals surface area (Å²) in [5, 5.41) is 11.9. The molecule has 0 bridgehead atoms. The molecule has 1 fully saturated rings. The summed E-state index contributed by atoms with van der Waals surface area (Å²) < 4.78 is 0. The molecule has 0 spiro atoms. The van der Waals surface area contributed by atoms with Crippen LogP contribution in [0.3, 0.4) is 0 Å². The van der Waals surface area contributed by atoms with Crippen molar-refractivity contribution >= 4 is 23.6 Å². The Morgan fingerprint density at radius 3 is 2.55 bits per heavy atom. The minimum Gasteiger partial charge on any atom is -0.481 e. The monoisotopic (exact) mass is 293 g/mol. The highest BCUT2D eigenvalue weighted by Crippen LogP contribution is 2.25. The van der Waals surface area contributed by atoms with E-state index in [1.807, 2.05) is 30.5 Å². The zero-order chi connectivity index (χ0) is 14.5. The molecule has 2 rings (SSSR count). The number of carbonyl (C=O) groups excluding carboxylic acids is 1. The molecule has 1 amide bonds. The van der Waals surface area contributed by atoms with Gasteiger partial charge in [0.15, 0.2) is 0 Å². The van der Waals surface area contributed by atoms with Gasteiger partial charge in [-0.25, -0.2) is 0 Å². The number of rotatable bonds is 5. The first-order chi connectivity index (χ1) is 9.60. The number of aliphatic carboxylic acids is 1. The van der Waals surface area contributed by atoms with E-state index in [4.69, 9.17) is 5.11 Å². The van der Waals surface area contributed by atoms with Gasteiger partial charge < -0.3 is 10.4 Å². The Morgan fingerprint density at radius 1 is 1.30 bits per heavy atom. The predicted octanol–water partition coefficient (Wildman–Crippen LogP) is 2.53. The predicted molar refractivity (Wildman–Crippen MR) is 79.9 cm³/mol. The summed E-state index contributed by atoms with van der Waals surface area (Å²) in [5.41, 5.74) is 1.83. The second-order valence-electron chi connectivity index (χ2n) is 5.15. The lowest BCUT2D eigenvalue weighted by Gasteiger charge is -2.12. The van der Waals surface area contributed by atoms with Crippen LogP contribution in [0.1, 0.15) is 35.2 Å². The fraction of sp³-hybridized carbons (Fsp3) is 0.467. The topological polar surface area (TPSA) is 66.4 Å². The first kappa shape index (κ1) is 14.9. The van der Waals surface area contributed by atoms with Gasteiger partial charge in [0.05, 0.1) is 5.92 Å². The van der Waals surface area contributed by atoms with Gasteiger partial charge in [-0.05, 0) is 43.2 Å². The van der Waals surface area contributed by atoms with E-state index in [1.165, 1.54) is 5.56 Å². The fourth-order valence-electron chi connectivity index (χ4n) is 2.52. The van der Waals surface area contributed by atoms with Gasteiger partial charge in [0, 0.05) is 17.4 Å². The lowest BCUT2D eigenvalue weighted by molar-refractivity contribution is -0.141. The number of thioether (sulfide) groups is 1. The molecule has 1 aliphatic rings. The van der Waals surface area contributed by atoms with Crippen LogP contribution < -0.4 is 5.32 Å². The van der Waals surface area contributed by atoms with Crippen LogP contribution in [0, 0.1) is 5.92 Å². The second kappa shape index (κ2) is 6.79. The molecule has 4 nitrogen and oxygen atoms in total. The van der Waals surface area contributed by atoms with E-state index in [2.05, 4.69) is 5.32 Å². The summed E-state index contributed by atoms with van der Waals surface area (Å²) in [6.45, 7) is 0. The minimum absolute atomic E-state index is 0.0190. The molecule has 20 heavy (non-hydrogen) atoms. The average Bonchev–Trinajstić information content (AvgIpc) is 2.88. The second-order valence-corrected chi connectivity index (χ2v) is 6.01. The molecule has 1 saturated carbocycles. The third-order valence-corrected chi connectivity index (χ3v) is 4.27. The van der Waals surface area contributed by atoms with Crippen LogP contribution in [-0.2, 0) is 10.5 Å². The van der Waals surface area contributed by atoms with E-state index >= 15 is 0 Å². The highest BCUT2D eigenvalue weighted by Gasteiger charge is 2.30. The smallest absolute Gasteiger partial charge is 0.306 e. The Hall–Kier alpha value is -1.49. The molecular formula is C15H19NO3S. The average molecular weight is 293 g/mol. The number of benzene rings is 1. The normalized spacial score (nSPS) is 21.6. The standard InChI is InChI=1S/C15H19NO3S/c1-20-9-10-2-4-11(5-3-10)14(17)16-13-7-6-12(8-13)15(18)19/h2-5,12-13H,6-9H2,1H3,(H,16,17)(H,18,19)/t12-,13+/m1/s1. The Balaban J connectivity index is 1.90. The minimum atomic E-state index is -0.761. The zero-order valence-corrected chi connectivity index (χ0v) is 12.3. The molecular weight excluding hydrogens is 274 g/mol. The molecule has 0 aromatic heterocycles. The molecule has 5 heteroatoms. The summed E-state index contributed by atoms with van der Waals surface area (Å²) in [7, 11) is 0. The molecule has 108 valence electrons. The number of carboxylic acids is 1. The van der Waals surface area contributed by atoms with E-state index in [1.54, 1.807) is 11.8 Å². The Labute approximate surface area is 123 Å². The van der Waals surface area contributed by atoms with Crippen molar-refractivity contribution in [1.82, 2.24) is 5.32 Å². The van der Waals surface area contributed by atoms with Gasteiger partial charge in [0.1, 0.15) is 0 Å². The van der Waals surface area contributed by atoms with Crippen LogP contribution >= 0.6 is 11.8 Å². The van der Waals surface area contributed by atoms with Crippen molar-refractivity contribution in [1.29, 1.82) is 0 Å².